The molecule has 1 aromatic carbocycles. The average molecular weight is 481 g/mol. The van der Waals surface area contributed by atoms with Crippen LogP contribution in [0.25, 0.3) is 21.2 Å². The van der Waals surface area contributed by atoms with Crippen LogP contribution < -0.4 is 10.3 Å². The minimum atomic E-state index is -0.0476. The van der Waals surface area contributed by atoms with Crippen LogP contribution in [0.5, 0.6) is 5.75 Å². The third-order valence-electron chi connectivity index (χ3n) is 7.08. The molecular formula is C27H32N2O4S. The van der Waals surface area contributed by atoms with E-state index in [1.165, 1.54) is 43.4 Å². The number of aromatic nitrogens is 1. The molecule has 0 N–H and O–H groups in total. The lowest BCUT2D eigenvalue weighted by Crippen LogP contribution is -2.37. The molecule has 2 fully saturated rings. The minimum Gasteiger partial charge on any atom is -0.496 e. The smallest absolute Gasteiger partial charge is 0.263 e. The van der Waals surface area contributed by atoms with Crippen LogP contribution in [0.15, 0.2) is 41.3 Å². The van der Waals surface area contributed by atoms with Crippen LogP contribution in [0, 0.1) is 5.92 Å². The molecule has 0 bridgehead atoms. The Bertz CT molecular complexity index is 1240. The SMILES string of the molecule is COc1ccc(-c2ccc(=O)n(C)c2)c2sc(C(=O)N(CCC3CO3)CC3CCCCC3)cc12. The van der Waals surface area contributed by atoms with E-state index in [1.54, 1.807) is 24.8 Å². The van der Waals surface area contributed by atoms with Gasteiger partial charge < -0.3 is 18.9 Å². The fourth-order valence-corrected chi connectivity index (χ4v) is 6.19. The molecule has 1 saturated carbocycles. The second-order valence-corrected chi connectivity index (χ2v) is 10.6. The Morgan fingerprint density at radius 3 is 2.71 bits per heavy atom. The number of pyridine rings is 1. The fourth-order valence-electron chi connectivity index (χ4n) is 5.01. The number of amides is 1. The summed E-state index contributed by atoms with van der Waals surface area (Å²) in [5.74, 6) is 1.44. The van der Waals surface area contributed by atoms with E-state index in [9.17, 15) is 9.59 Å². The first-order valence-corrected chi connectivity index (χ1v) is 13.0. The number of rotatable bonds is 8. The van der Waals surface area contributed by atoms with Gasteiger partial charge >= 0.3 is 0 Å². The van der Waals surface area contributed by atoms with Crippen LogP contribution >= 0.6 is 11.3 Å². The van der Waals surface area contributed by atoms with Crippen molar-refractivity contribution in [3.63, 3.8) is 0 Å². The summed E-state index contributed by atoms with van der Waals surface area (Å²) in [5, 5.41) is 0.936. The number of hydrogen-bond acceptors (Lipinski definition) is 5. The first-order valence-electron chi connectivity index (χ1n) is 12.2. The summed E-state index contributed by atoms with van der Waals surface area (Å²) >= 11 is 1.52. The van der Waals surface area contributed by atoms with Crippen LogP contribution in [-0.4, -0.2) is 48.3 Å². The van der Waals surface area contributed by atoms with Crippen molar-refractivity contribution < 1.29 is 14.3 Å². The van der Waals surface area contributed by atoms with Crippen molar-refractivity contribution in [2.75, 3.05) is 26.8 Å². The lowest BCUT2D eigenvalue weighted by atomic mass is 9.89. The number of methoxy groups -OCH3 is 1. The van der Waals surface area contributed by atoms with Gasteiger partial charge in [0.25, 0.3) is 5.91 Å². The molecule has 34 heavy (non-hydrogen) atoms. The quantitative estimate of drug-likeness (QED) is 0.422. The van der Waals surface area contributed by atoms with E-state index in [1.807, 2.05) is 30.5 Å². The van der Waals surface area contributed by atoms with E-state index in [-0.39, 0.29) is 11.5 Å². The van der Waals surface area contributed by atoms with Gasteiger partial charge in [0, 0.05) is 48.0 Å². The van der Waals surface area contributed by atoms with Gasteiger partial charge in [-0.25, -0.2) is 0 Å². The molecule has 0 radical (unpaired) electrons. The maximum Gasteiger partial charge on any atom is 0.263 e. The van der Waals surface area contributed by atoms with Gasteiger partial charge in [0.05, 0.1) is 24.7 Å². The first-order chi connectivity index (χ1) is 16.5. The van der Waals surface area contributed by atoms with Gasteiger partial charge in [-0.05, 0) is 55.0 Å². The van der Waals surface area contributed by atoms with Gasteiger partial charge in [0.15, 0.2) is 0 Å². The third-order valence-corrected chi connectivity index (χ3v) is 8.24. The number of carbonyl (C=O) groups excluding carboxylic acids is 1. The lowest BCUT2D eigenvalue weighted by Gasteiger charge is -2.29. The van der Waals surface area contributed by atoms with E-state index >= 15 is 0 Å². The highest BCUT2D eigenvalue weighted by Gasteiger charge is 2.28. The molecule has 0 spiro atoms. The van der Waals surface area contributed by atoms with E-state index < -0.39 is 0 Å². The minimum absolute atomic E-state index is 0.0476. The molecule has 180 valence electrons. The summed E-state index contributed by atoms with van der Waals surface area (Å²) in [6, 6.07) is 9.35. The molecule has 1 atom stereocenters. The van der Waals surface area contributed by atoms with E-state index in [2.05, 4.69) is 4.90 Å². The highest BCUT2D eigenvalue weighted by molar-refractivity contribution is 7.21. The number of hydrogen-bond donors (Lipinski definition) is 0. The number of ether oxygens (including phenoxy) is 2. The van der Waals surface area contributed by atoms with Crippen LogP contribution in [0.3, 0.4) is 0 Å². The summed E-state index contributed by atoms with van der Waals surface area (Å²) in [5.41, 5.74) is 1.90. The topological polar surface area (TPSA) is 64.1 Å². The zero-order valence-electron chi connectivity index (χ0n) is 19.9. The third kappa shape index (κ3) is 4.91. The van der Waals surface area contributed by atoms with Crippen molar-refractivity contribution in [1.29, 1.82) is 0 Å². The van der Waals surface area contributed by atoms with Crippen molar-refractivity contribution in [2.24, 2.45) is 13.0 Å². The van der Waals surface area contributed by atoms with Crippen LogP contribution in [-0.2, 0) is 11.8 Å². The zero-order chi connectivity index (χ0) is 23.7. The molecule has 7 heteroatoms. The molecule has 3 heterocycles. The monoisotopic (exact) mass is 480 g/mol. The Morgan fingerprint density at radius 1 is 1.21 bits per heavy atom. The largest absolute Gasteiger partial charge is 0.496 e. The highest BCUT2D eigenvalue weighted by atomic mass is 32.1. The Labute approximate surface area is 204 Å². The molecule has 3 aromatic rings. The Morgan fingerprint density at radius 2 is 2.00 bits per heavy atom. The van der Waals surface area contributed by atoms with Gasteiger partial charge in [-0.1, -0.05) is 19.3 Å². The molecule has 2 aromatic heterocycles. The van der Waals surface area contributed by atoms with Crippen LogP contribution in [0.4, 0.5) is 0 Å². The second-order valence-electron chi connectivity index (χ2n) is 9.53. The molecule has 1 unspecified atom stereocenters. The van der Waals surface area contributed by atoms with E-state index in [0.29, 0.717) is 12.0 Å². The first kappa shape index (κ1) is 23.1. The molecule has 5 rings (SSSR count). The molecular weight excluding hydrogens is 448 g/mol. The average Bonchev–Trinajstić information content (AvgIpc) is 3.58. The lowest BCUT2D eigenvalue weighted by molar-refractivity contribution is 0.0712. The number of fused-ring (bicyclic) bond motifs is 1. The maximum absolute atomic E-state index is 13.8. The van der Waals surface area contributed by atoms with Crippen molar-refractivity contribution in [3.8, 4) is 16.9 Å². The number of epoxide rings is 1. The van der Waals surface area contributed by atoms with Gasteiger partial charge in [-0.15, -0.1) is 11.3 Å². The number of thiophene rings is 1. The Hall–Kier alpha value is -2.64. The van der Waals surface area contributed by atoms with Crippen LogP contribution in [0.2, 0.25) is 0 Å². The van der Waals surface area contributed by atoms with E-state index in [4.69, 9.17) is 9.47 Å². The van der Waals surface area contributed by atoms with Crippen molar-refractivity contribution >= 4 is 27.3 Å². The summed E-state index contributed by atoms with van der Waals surface area (Å²) < 4.78 is 13.6. The van der Waals surface area contributed by atoms with Gasteiger partial charge in [-0.2, -0.15) is 0 Å². The zero-order valence-corrected chi connectivity index (χ0v) is 20.7. The predicted molar refractivity (Wildman–Crippen MR) is 136 cm³/mol. The molecule has 1 amide bonds. The predicted octanol–water partition coefficient (Wildman–Crippen LogP) is 5.09. The maximum atomic E-state index is 13.8. The molecule has 1 saturated heterocycles. The molecule has 2 aliphatic rings. The molecule has 1 aliphatic heterocycles. The summed E-state index contributed by atoms with van der Waals surface area (Å²) in [4.78, 5) is 28.5. The van der Waals surface area contributed by atoms with E-state index in [0.717, 1.165) is 58.0 Å². The Balaban J connectivity index is 1.49. The highest BCUT2D eigenvalue weighted by Crippen LogP contribution is 2.40. The van der Waals surface area contributed by atoms with Crippen molar-refractivity contribution in [3.05, 3.63) is 51.8 Å². The summed E-state index contributed by atoms with van der Waals surface area (Å²) in [6.45, 7) is 2.37. The summed E-state index contributed by atoms with van der Waals surface area (Å²) in [7, 11) is 3.41. The van der Waals surface area contributed by atoms with Gasteiger partial charge in [0.2, 0.25) is 5.56 Å². The normalized spacial score (nSPS) is 18.2. The number of aryl methyl sites for hydroxylation is 1. The fraction of sp³-hybridized carbons (Fsp3) is 0.481. The number of nitrogens with zero attached hydrogens (tertiary/aromatic N) is 2. The van der Waals surface area contributed by atoms with Crippen molar-refractivity contribution in [2.45, 2.75) is 44.6 Å². The molecule has 6 nitrogen and oxygen atoms in total. The van der Waals surface area contributed by atoms with Gasteiger partial charge in [-0.3, -0.25) is 9.59 Å². The standard InChI is InChI=1S/C27H32N2O4S/c1-28-16-19(8-11-25(28)30)21-9-10-23(32-2)22-14-24(34-26(21)22)27(31)29(13-12-20-17-33-20)15-18-6-4-3-5-7-18/h8-11,14,16,18,20H,3-7,12-13,15,17H2,1-2H3. The van der Waals surface area contributed by atoms with Gasteiger partial charge in [0.1, 0.15) is 5.75 Å². The molecule has 1 aliphatic carbocycles. The van der Waals surface area contributed by atoms with Crippen molar-refractivity contribution in [1.82, 2.24) is 9.47 Å². The number of benzene rings is 1. The van der Waals surface area contributed by atoms with Crippen LogP contribution in [0.1, 0.15) is 48.2 Å². The second kappa shape index (κ2) is 9.92. The Kier molecular flexibility index (Phi) is 6.75. The number of carbonyl (C=O) groups is 1. The summed E-state index contributed by atoms with van der Waals surface area (Å²) in [6.07, 6.45) is 9.31.